The number of rotatable bonds is 6. The molecule has 2 heterocycles. The standard InChI is InChI=1S/C23H21F2N5O2/c1-2-21(31)27-18-11-15(10-16(24)12-18)22-20(25)14-26-23(29-22)28-17-4-3-5-19(13-17)30-6-8-32-9-7-30/h2-5,10-14H,1,6-9H2,(H,27,31)(H,26,28,29). The molecule has 0 radical (unpaired) electrons. The van der Waals surface area contributed by atoms with Gasteiger partial charge < -0.3 is 20.3 Å². The molecule has 1 amide bonds. The first-order chi connectivity index (χ1) is 15.5. The maximum absolute atomic E-state index is 14.5. The van der Waals surface area contributed by atoms with Gasteiger partial charge in [-0.25, -0.2) is 18.7 Å². The Hall–Kier alpha value is -3.85. The van der Waals surface area contributed by atoms with Crippen LogP contribution < -0.4 is 15.5 Å². The van der Waals surface area contributed by atoms with Crippen LogP contribution in [0.4, 0.5) is 31.8 Å². The summed E-state index contributed by atoms with van der Waals surface area (Å²) in [4.78, 5) is 22.0. The number of aromatic nitrogens is 2. The van der Waals surface area contributed by atoms with Gasteiger partial charge in [0.2, 0.25) is 11.9 Å². The van der Waals surface area contributed by atoms with Crippen LogP contribution in [0.15, 0.2) is 61.3 Å². The molecule has 164 valence electrons. The fourth-order valence-electron chi connectivity index (χ4n) is 3.35. The highest BCUT2D eigenvalue weighted by atomic mass is 19.1. The first-order valence-electron chi connectivity index (χ1n) is 9.98. The second kappa shape index (κ2) is 9.52. The Labute approximate surface area is 183 Å². The molecule has 0 bridgehead atoms. The summed E-state index contributed by atoms with van der Waals surface area (Å²) in [5.74, 6) is -1.72. The van der Waals surface area contributed by atoms with Crippen LogP contribution in [0, 0.1) is 11.6 Å². The van der Waals surface area contributed by atoms with Crippen molar-refractivity contribution >= 4 is 28.9 Å². The van der Waals surface area contributed by atoms with Gasteiger partial charge in [-0.05, 0) is 42.5 Å². The van der Waals surface area contributed by atoms with Crippen LogP contribution in [-0.4, -0.2) is 42.2 Å². The quantitative estimate of drug-likeness (QED) is 0.565. The summed E-state index contributed by atoms with van der Waals surface area (Å²) >= 11 is 0. The smallest absolute Gasteiger partial charge is 0.247 e. The van der Waals surface area contributed by atoms with Crippen molar-refractivity contribution in [3.8, 4) is 11.3 Å². The van der Waals surface area contributed by atoms with Crippen LogP contribution in [0.1, 0.15) is 0 Å². The second-order valence-electron chi connectivity index (χ2n) is 7.09. The Morgan fingerprint density at radius 3 is 2.72 bits per heavy atom. The lowest BCUT2D eigenvalue weighted by Gasteiger charge is -2.29. The van der Waals surface area contributed by atoms with Crippen molar-refractivity contribution in [1.29, 1.82) is 0 Å². The van der Waals surface area contributed by atoms with E-state index in [1.54, 1.807) is 0 Å². The molecule has 32 heavy (non-hydrogen) atoms. The Morgan fingerprint density at radius 1 is 1.12 bits per heavy atom. The highest BCUT2D eigenvalue weighted by Gasteiger charge is 2.14. The number of carbonyl (C=O) groups is 1. The van der Waals surface area contributed by atoms with Gasteiger partial charge in [0.1, 0.15) is 11.5 Å². The third-order valence-electron chi connectivity index (χ3n) is 4.85. The minimum absolute atomic E-state index is 0.0968. The Morgan fingerprint density at radius 2 is 1.94 bits per heavy atom. The van der Waals surface area contributed by atoms with Crippen molar-refractivity contribution in [2.45, 2.75) is 0 Å². The number of halogens is 2. The van der Waals surface area contributed by atoms with E-state index in [4.69, 9.17) is 4.74 Å². The number of ether oxygens (including phenoxy) is 1. The molecule has 2 N–H and O–H groups in total. The average Bonchev–Trinajstić information content (AvgIpc) is 2.80. The minimum Gasteiger partial charge on any atom is -0.378 e. The normalized spacial score (nSPS) is 13.5. The molecule has 9 heteroatoms. The highest BCUT2D eigenvalue weighted by molar-refractivity contribution is 5.99. The first-order valence-corrected chi connectivity index (χ1v) is 9.98. The van der Waals surface area contributed by atoms with E-state index in [1.807, 2.05) is 24.3 Å². The zero-order chi connectivity index (χ0) is 22.5. The summed E-state index contributed by atoms with van der Waals surface area (Å²) in [6, 6.07) is 11.4. The third-order valence-corrected chi connectivity index (χ3v) is 4.85. The Balaban J connectivity index is 1.60. The van der Waals surface area contributed by atoms with E-state index in [2.05, 4.69) is 32.1 Å². The van der Waals surface area contributed by atoms with Gasteiger partial charge >= 0.3 is 0 Å². The lowest BCUT2D eigenvalue weighted by molar-refractivity contribution is -0.111. The van der Waals surface area contributed by atoms with Crippen molar-refractivity contribution in [3.63, 3.8) is 0 Å². The fourth-order valence-corrected chi connectivity index (χ4v) is 3.35. The Bertz CT molecular complexity index is 1150. The van der Waals surface area contributed by atoms with Crippen LogP contribution in [0.3, 0.4) is 0 Å². The van der Waals surface area contributed by atoms with Crippen molar-refractivity contribution in [1.82, 2.24) is 9.97 Å². The van der Waals surface area contributed by atoms with Crippen LogP contribution in [0.25, 0.3) is 11.3 Å². The van der Waals surface area contributed by atoms with Gasteiger partial charge in [0.25, 0.3) is 0 Å². The van der Waals surface area contributed by atoms with E-state index < -0.39 is 17.5 Å². The van der Waals surface area contributed by atoms with Crippen molar-refractivity contribution in [2.24, 2.45) is 0 Å². The number of anilines is 4. The van der Waals surface area contributed by atoms with Crippen molar-refractivity contribution in [2.75, 3.05) is 41.8 Å². The van der Waals surface area contributed by atoms with E-state index in [-0.39, 0.29) is 22.9 Å². The molecule has 0 aliphatic carbocycles. The van der Waals surface area contributed by atoms with E-state index in [0.29, 0.717) is 13.2 Å². The predicted octanol–water partition coefficient (Wildman–Crippen LogP) is 4.13. The third kappa shape index (κ3) is 5.06. The molecule has 2 aromatic carbocycles. The molecule has 0 saturated carbocycles. The van der Waals surface area contributed by atoms with Crippen LogP contribution in [-0.2, 0) is 9.53 Å². The molecule has 1 aromatic heterocycles. The van der Waals surface area contributed by atoms with Gasteiger partial charge in [-0.2, -0.15) is 0 Å². The largest absolute Gasteiger partial charge is 0.378 e. The predicted molar refractivity (Wildman–Crippen MR) is 119 cm³/mol. The number of amides is 1. The summed E-state index contributed by atoms with van der Waals surface area (Å²) in [6.07, 6.45) is 2.08. The molecule has 1 aliphatic rings. The monoisotopic (exact) mass is 437 g/mol. The average molecular weight is 437 g/mol. The summed E-state index contributed by atoms with van der Waals surface area (Å²) in [5.41, 5.74) is 1.98. The summed E-state index contributed by atoms with van der Waals surface area (Å²) < 4.78 is 34.0. The number of carbonyl (C=O) groups excluding carboxylic acids is 1. The van der Waals surface area contributed by atoms with Crippen molar-refractivity contribution in [3.05, 3.63) is 73.0 Å². The molecule has 7 nitrogen and oxygen atoms in total. The van der Waals surface area contributed by atoms with Crippen LogP contribution in [0.5, 0.6) is 0 Å². The molecule has 4 rings (SSSR count). The summed E-state index contributed by atoms with van der Waals surface area (Å²) in [6.45, 7) is 6.29. The molecule has 1 aliphatic heterocycles. The summed E-state index contributed by atoms with van der Waals surface area (Å²) in [7, 11) is 0. The first kappa shape index (κ1) is 21.4. The topological polar surface area (TPSA) is 79.4 Å². The molecule has 0 spiro atoms. The number of hydrogen-bond acceptors (Lipinski definition) is 6. The molecule has 3 aromatic rings. The van der Waals surface area contributed by atoms with E-state index in [9.17, 15) is 13.6 Å². The SMILES string of the molecule is C=CC(=O)Nc1cc(F)cc(-c2nc(Nc3cccc(N4CCOCC4)c3)ncc2F)c1. The number of benzene rings is 2. The van der Waals surface area contributed by atoms with Gasteiger partial charge in [-0.15, -0.1) is 0 Å². The van der Waals surface area contributed by atoms with Gasteiger partial charge in [0.15, 0.2) is 5.82 Å². The lowest BCUT2D eigenvalue weighted by atomic mass is 10.1. The summed E-state index contributed by atoms with van der Waals surface area (Å²) in [5, 5.41) is 5.53. The number of nitrogens with one attached hydrogen (secondary N) is 2. The zero-order valence-corrected chi connectivity index (χ0v) is 17.1. The maximum atomic E-state index is 14.5. The molecular formula is C23H21F2N5O2. The lowest BCUT2D eigenvalue weighted by Crippen LogP contribution is -2.36. The van der Waals surface area contributed by atoms with E-state index in [1.165, 1.54) is 6.07 Å². The van der Waals surface area contributed by atoms with Gasteiger partial charge in [-0.1, -0.05) is 12.6 Å². The molecule has 0 atom stereocenters. The van der Waals surface area contributed by atoms with Crippen LogP contribution in [0.2, 0.25) is 0 Å². The molecule has 1 fully saturated rings. The number of nitrogens with zero attached hydrogens (tertiary/aromatic N) is 3. The van der Waals surface area contributed by atoms with Gasteiger partial charge in [0, 0.05) is 35.7 Å². The zero-order valence-electron chi connectivity index (χ0n) is 17.1. The fraction of sp³-hybridized carbons (Fsp3) is 0.174. The van der Waals surface area contributed by atoms with Crippen molar-refractivity contribution < 1.29 is 18.3 Å². The molecular weight excluding hydrogens is 416 g/mol. The number of morpholine rings is 1. The molecule has 1 saturated heterocycles. The van der Waals surface area contributed by atoms with Gasteiger partial charge in [-0.3, -0.25) is 4.79 Å². The van der Waals surface area contributed by atoms with Crippen LogP contribution >= 0.6 is 0 Å². The van der Waals surface area contributed by atoms with E-state index >= 15 is 0 Å². The Kier molecular flexibility index (Phi) is 6.37. The number of hydrogen-bond donors (Lipinski definition) is 2. The second-order valence-corrected chi connectivity index (χ2v) is 7.09. The minimum atomic E-state index is -0.718. The highest BCUT2D eigenvalue weighted by Crippen LogP contribution is 2.27. The van der Waals surface area contributed by atoms with Gasteiger partial charge in [0.05, 0.1) is 19.4 Å². The molecule has 0 unspecified atom stereocenters. The van der Waals surface area contributed by atoms with E-state index in [0.717, 1.165) is 48.9 Å². The maximum Gasteiger partial charge on any atom is 0.247 e.